The van der Waals surface area contributed by atoms with Gasteiger partial charge in [-0.15, -0.1) is 11.3 Å². The van der Waals surface area contributed by atoms with Gasteiger partial charge in [0.05, 0.1) is 11.0 Å². The van der Waals surface area contributed by atoms with Gasteiger partial charge in [0, 0.05) is 75.2 Å². The molecule has 12 rings (SSSR count). The zero-order valence-corrected chi connectivity index (χ0v) is 31.2. The van der Waals surface area contributed by atoms with E-state index in [0.29, 0.717) is 17.5 Å². The van der Waals surface area contributed by atoms with Gasteiger partial charge in [-0.05, 0) is 36.4 Å². The fourth-order valence-electron chi connectivity index (χ4n) is 8.53. The molecule has 57 heavy (non-hydrogen) atoms. The van der Waals surface area contributed by atoms with E-state index in [0.717, 1.165) is 66.5 Å². The zero-order chi connectivity index (χ0) is 37.5. The van der Waals surface area contributed by atoms with E-state index in [4.69, 9.17) is 19.4 Å². The van der Waals surface area contributed by atoms with Crippen molar-refractivity contribution in [3.05, 3.63) is 182 Å². The Balaban J connectivity index is 1.09. The predicted octanol–water partition coefficient (Wildman–Crippen LogP) is 13.9. The first kappa shape index (κ1) is 31.9. The van der Waals surface area contributed by atoms with Gasteiger partial charge in [0.15, 0.2) is 17.5 Å². The Morgan fingerprint density at radius 3 is 1.91 bits per heavy atom. The Hall–Kier alpha value is -7.41. The summed E-state index contributed by atoms with van der Waals surface area (Å²) in [4.78, 5) is 15.5. The Kier molecular flexibility index (Phi) is 7.03. The first-order valence-electron chi connectivity index (χ1n) is 19.0. The second-order valence-electron chi connectivity index (χ2n) is 14.3. The van der Waals surface area contributed by atoms with Gasteiger partial charge in [-0.3, -0.25) is 0 Å². The third-order valence-electron chi connectivity index (χ3n) is 11.1. The number of hydrogen-bond donors (Lipinski definition) is 0. The van der Waals surface area contributed by atoms with Crippen LogP contribution in [-0.2, 0) is 0 Å². The number of fused-ring (bicyclic) bond motifs is 9. The van der Waals surface area contributed by atoms with Gasteiger partial charge in [0.25, 0.3) is 0 Å². The molecule has 0 unspecified atom stereocenters. The molecule has 4 heterocycles. The standard InChI is InChI=1S/C51H30N4OS/c1-3-14-31(15-4-1)49-52-50(32-28-29-36-35-19-8-10-27-44(35)57-45(36)30-32)54-51(53-49)41-24-13-26-43-46(41)40-23-12-22-39(48(40)56-43)38-21-11-20-37-34-18-7-9-25-42(34)55(47(37)38)33-16-5-2-6-17-33/h1-30H. The summed E-state index contributed by atoms with van der Waals surface area (Å²) in [6.45, 7) is 0. The SMILES string of the molecule is c1ccc(-c2nc(-c3ccc4c(c3)sc3ccccc34)nc(-c3cccc4oc5c(-c6cccc7c8ccccc8n(-c8ccccc8)c67)cccc5c34)n2)cc1. The van der Waals surface area contributed by atoms with Crippen molar-refractivity contribution in [2.45, 2.75) is 0 Å². The maximum atomic E-state index is 6.90. The largest absolute Gasteiger partial charge is 0.455 e. The highest BCUT2D eigenvalue weighted by Gasteiger charge is 2.22. The van der Waals surface area contributed by atoms with Gasteiger partial charge in [-0.2, -0.15) is 0 Å². The van der Waals surface area contributed by atoms with Crippen LogP contribution in [0.1, 0.15) is 0 Å². The fourth-order valence-corrected chi connectivity index (χ4v) is 9.68. The lowest BCUT2D eigenvalue weighted by molar-refractivity contribution is 0.670. The van der Waals surface area contributed by atoms with Crippen LogP contribution in [0.5, 0.6) is 0 Å². The van der Waals surface area contributed by atoms with Crippen molar-refractivity contribution in [1.29, 1.82) is 0 Å². The first-order valence-corrected chi connectivity index (χ1v) is 19.8. The Morgan fingerprint density at radius 1 is 0.421 bits per heavy atom. The number of furan rings is 1. The molecule has 266 valence electrons. The molecule has 0 atom stereocenters. The Bertz CT molecular complexity index is 3530. The lowest BCUT2D eigenvalue weighted by Crippen LogP contribution is -2.00. The summed E-state index contributed by atoms with van der Waals surface area (Å²) in [6.07, 6.45) is 0. The number of benzene rings is 8. The minimum absolute atomic E-state index is 0.597. The summed E-state index contributed by atoms with van der Waals surface area (Å²) >= 11 is 1.79. The van der Waals surface area contributed by atoms with E-state index in [1.807, 2.05) is 42.5 Å². The molecule has 8 aromatic carbocycles. The zero-order valence-electron chi connectivity index (χ0n) is 30.4. The minimum atomic E-state index is 0.597. The molecule has 5 nitrogen and oxygen atoms in total. The Morgan fingerprint density at radius 2 is 1.05 bits per heavy atom. The molecule has 6 heteroatoms. The molecule has 0 fully saturated rings. The third kappa shape index (κ3) is 4.98. The van der Waals surface area contributed by atoms with Crippen LogP contribution < -0.4 is 0 Å². The molecule has 0 radical (unpaired) electrons. The maximum absolute atomic E-state index is 6.90. The molecule has 4 aromatic heterocycles. The van der Waals surface area contributed by atoms with E-state index in [1.54, 1.807) is 11.3 Å². The Labute approximate surface area is 330 Å². The van der Waals surface area contributed by atoms with Gasteiger partial charge in [-0.25, -0.2) is 15.0 Å². The molecule has 12 aromatic rings. The number of aromatic nitrogens is 4. The normalized spacial score (nSPS) is 11.9. The molecule has 0 aliphatic heterocycles. The highest BCUT2D eigenvalue weighted by Crippen LogP contribution is 2.44. The van der Waals surface area contributed by atoms with Crippen LogP contribution >= 0.6 is 11.3 Å². The molecule has 0 N–H and O–H groups in total. The van der Waals surface area contributed by atoms with Gasteiger partial charge >= 0.3 is 0 Å². The van der Waals surface area contributed by atoms with E-state index in [9.17, 15) is 0 Å². The molecule has 0 bridgehead atoms. The number of nitrogens with zero attached hydrogens (tertiary/aromatic N) is 4. The highest BCUT2D eigenvalue weighted by molar-refractivity contribution is 7.25. The summed E-state index contributed by atoms with van der Waals surface area (Å²) in [5.41, 5.74) is 9.92. The minimum Gasteiger partial charge on any atom is -0.455 e. The smallest absolute Gasteiger partial charge is 0.164 e. The first-order chi connectivity index (χ1) is 28.3. The van der Waals surface area contributed by atoms with Crippen molar-refractivity contribution in [3.8, 4) is 51.0 Å². The fraction of sp³-hybridized carbons (Fsp3) is 0. The van der Waals surface area contributed by atoms with E-state index < -0.39 is 0 Å². The highest BCUT2D eigenvalue weighted by atomic mass is 32.1. The summed E-state index contributed by atoms with van der Waals surface area (Å²) < 4.78 is 11.7. The van der Waals surface area contributed by atoms with Gasteiger partial charge < -0.3 is 8.98 Å². The summed E-state index contributed by atoms with van der Waals surface area (Å²) in [7, 11) is 0. The molecule has 0 aliphatic carbocycles. The van der Waals surface area contributed by atoms with Crippen molar-refractivity contribution >= 4 is 75.3 Å². The number of hydrogen-bond acceptors (Lipinski definition) is 5. The van der Waals surface area contributed by atoms with Crippen LogP contribution in [0, 0.1) is 0 Å². The van der Waals surface area contributed by atoms with Crippen molar-refractivity contribution in [2.75, 3.05) is 0 Å². The van der Waals surface area contributed by atoms with E-state index in [2.05, 4.69) is 144 Å². The predicted molar refractivity (Wildman–Crippen MR) is 236 cm³/mol. The molecule has 0 amide bonds. The van der Waals surface area contributed by atoms with Crippen LogP contribution in [-0.4, -0.2) is 19.5 Å². The van der Waals surface area contributed by atoms with Crippen LogP contribution in [0.25, 0.3) is 115 Å². The monoisotopic (exact) mass is 746 g/mol. The molecule has 0 saturated heterocycles. The third-order valence-corrected chi connectivity index (χ3v) is 12.2. The molecule has 0 aliphatic rings. The molecule has 0 spiro atoms. The van der Waals surface area contributed by atoms with E-state index in [-0.39, 0.29) is 0 Å². The van der Waals surface area contributed by atoms with Crippen molar-refractivity contribution in [3.63, 3.8) is 0 Å². The topological polar surface area (TPSA) is 56.7 Å². The van der Waals surface area contributed by atoms with Crippen molar-refractivity contribution in [2.24, 2.45) is 0 Å². The van der Waals surface area contributed by atoms with Crippen LogP contribution in [0.15, 0.2) is 186 Å². The van der Waals surface area contributed by atoms with E-state index >= 15 is 0 Å². The van der Waals surface area contributed by atoms with E-state index in [1.165, 1.54) is 30.9 Å². The van der Waals surface area contributed by atoms with Crippen LogP contribution in [0.3, 0.4) is 0 Å². The lowest BCUT2D eigenvalue weighted by atomic mass is 9.98. The average Bonchev–Trinajstić information content (AvgIpc) is 3.96. The second-order valence-corrected chi connectivity index (χ2v) is 15.4. The maximum Gasteiger partial charge on any atom is 0.164 e. The summed E-state index contributed by atoms with van der Waals surface area (Å²) in [5, 5.41) is 6.89. The number of thiophene rings is 1. The van der Waals surface area contributed by atoms with Crippen molar-refractivity contribution in [1.82, 2.24) is 19.5 Å². The lowest BCUT2D eigenvalue weighted by Gasteiger charge is -2.12. The van der Waals surface area contributed by atoms with Gasteiger partial charge in [0.1, 0.15) is 11.2 Å². The summed E-state index contributed by atoms with van der Waals surface area (Å²) in [6, 6.07) is 63.7. The van der Waals surface area contributed by atoms with Crippen LogP contribution in [0.4, 0.5) is 0 Å². The molecular weight excluding hydrogens is 717 g/mol. The molecule has 0 saturated carbocycles. The quantitative estimate of drug-likeness (QED) is 0.176. The van der Waals surface area contributed by atoms with Gasteiger partial charge in [0.2, 0.25) is 0 Å². The van der Waals surface area contributed by atoms with Crippen molar-refractivity contribution < 1.29 is 4.42 Å². The second kappa shape index (κ2) is 12.6. The summed E-state index contributed by atoms with van der Waals surface area (Å²) in [5.74, 6) is 1.85. The van der Waals surface area contributed by atoms with Crippen LogP contribution in [0.2, 0.25) is 0 Å². The number of para-hydroxylation sites is 4. The average molecular weight is 747 g/mol. The number of rotatable bonds is 5. The molecular formula is C51H30N4OS. The van der Waals surface area contributed by atoms with Gasteiger partial charge in [-0.1, -0.05) is 146 Å².